The molecule has 0 bridgehead atoms. The van der Waals surface area contributed by atoms with E-state index in [0.29, 0.717) is 25.2 Å². The number of amides is 2. The van der Waals surface area contributed by atoms with E-state index in [9.17, 15) is 9.59 Å². The molecule has 0 aromatic carbocycles. The largest absolute Gasteiger partial charge is 0.481 e. The van der Waals surface area contributed by atoms with Gasteiger partial charge in [-0.25, -0.2) is 4.79 Å². The number of piperazine rings is 1. The smallest absolute Gasteiger partial charge is 0.317 e. The standard InChI is InChI=1S/C14H27N3O3/c1-9(2)12(6-13(18)19)15-14(20)17-7-10(3)16(5)11(4)8-17/h9-12H,6-8H2,1-5H3,(H,15,20)(H,18,19). The first-order valence-electron chi connectivity index (χ1n) is 7.21. The average Bonchev–Trinajstić information content (AvgIpc) is 2.33. The maximum atomic E-state index is 12.3. The van der Waals surface area contributed by atoms with Gasteiger partial charge in [0.2, 0.25) is 0 Å². The van der Waals surface area contributed by atoms with E-state index in [1.54, 1.807) is 4.90 Å². The fourth-order valence-corrected chi connectivity index (χ4v) is 2.46. The second kappa shape index (κ2) is 6.92. The summed E-state index contributed by atoms with van der Waals surface area (Å²) < 4.78 is 0. The molecule has 3 unspecified atom stereocenters. The van der Waals surface area contributed by atoms with E-state index in [2.05, 4.69) is 31.1 Å². The molecule has 6 heteroatoms. The number of nitrogens with one attached hydrogen (secondary N) is 1. The predicted octanol–water partition coefficient (Wildman–Crippen LogP) is 1.22. The third kappa shape index (κ3) is 4.37. The number of carboxylic acids is 1. The van der Waals surface area contributed by atoms with Crippen LogP contribution in [0.3, 0.4) is 0 Å². The normalized spacial score (nSPS) is 25.6. The molecule has 0 radical (unpaired) electrons. The molecular weight excluding hydrogens is 258 g/mol. The summed E-state index contributed by atoms with van der Waals surface area (Å²) in [4.78, 5) is 27.2. The van der Waals surface area contributed by atoms with Crippen molar-refractivity contribution in [2.75, 3.05) is 20.1 Å². The number of likely N-dealkylation sites (N-methyl/N-ethyl adjacent to an activating group) is 1. The molecule has 1 aliphatic rings. The SMILES string of the molecule is CC(C)C(CC(=O)O)NC(=O)N1CC(C)N(C)C(C)C1. The van der Waals surface area contributed by atoms with E-state index in [0.717, 1.165) is 0 Å². The summed E-state index contributed by atoms with van der Waals surface area (Å²) in [7, 11) is 2.06. The Bertz CT molecular complexity index is 348. The van der Waals surface area contributed by atoms with Gasteiger partial charge in [-0.05, 0) is 26.8 Å². The zero-order chi connectivity index (χ0) is 15.4. The summed E-state index contributed by atoms with van der Waals surface area (Å²) >= 11 is 0. The minimum Gasteiger partial charge on any atom is -0.481 e. The minimum atomic E-state index is -0.885. The van der Waals surface area contributed by atoms with Crippen LogP contribution in [0.5, 0.6) is 0 Å². The summed E-state index contributed by atoms with van der Waals surface area (Å²) in [6.07, 6.45) is -0.0394. The maximum Gasteiger partial charge on any atom is 0.317 e. The molecule has 0 spiro atoms. The highest BCUT2D eigenvalue weighted by molar-refractivity contribution is 5.76. The van der Waals surface area contributed by atoms with Gasteiger partial charge in [0.15, 0.2) is 0 Å². The number of aliphatic carboxylic acids is 1. The first kappa shape index (κ1) is 16.8. The van der Waals surface area contributed by atoms with E-state index < -0.39 is 5.97 Å². The van der Waals surface area contributed by atoms with Gasteiger partial charge in [-0.3, -0.25) is 9.69 Å². The van der Waals surface area contributed by atoms with E-state index in [-0.39, 0.29) is 24.4 Å². The van der Waals surface area contributed by atoms with Gasteiger partial charge in [0.25, 0.3) is 0 Å². The van der Waals surface area contributed by atoms with Gasteiger partial charge in [-0.15, -0.1) is 0 Å². The zero-order valence-electron chi connectivity index (χ0n) is 13.1. The van der Waals surface area contributed by atoms with Crippen LogP contribution in [-0.4, -0.2) is 65.2 Å². The summed E-state index contributed by atoms with van der Waals surface area (Å²) in [6.45, 7) is 9.36. The van der Waals surface area contributed by atoms with Gasteiger partial charge in [-0.1, -0.05) is 13.8 Å². The van der Waals surface area contributed by atoms with Gasteiger partial charge in [0, 0.05) is 31.2 Å². The van der Waals surface area contributed by atoms with Crippen molar-refractivity contribution in [2.24, 2.45) is 5.92 Å². The number of hydrogen-bond acceptors (Lipinski definition) is 3. The number of rotatable bonds is 4. The molecule has 0 aromatic rings. The van der Waals surface area contributed by atoms with E-state index in [1.807, 2.05) is 13.8 Å². The Hall–Kier alpha value is -1.30. The number of hydrogen-bond donors (Lipinski definition) is 2. The lowest BCUT2D eigenvalue weighted by molar-refractivity contribution is -0.137. The van der Waals surface area contributed by atoms with Crippen molar-refractivity contribution in [3.8, 4) is 0 Å². The van der Waals surface area contributed by atoms with Crippen LogP contribution in [-0.2, 0) is 4.79 Å². The van der Waals surface area contributed by atoms with Crippen molar-refractivity contribution >= 4 is 12.0 Å². The zero-order valence-corrected chi connectivity index (χ0v) is 13.1. The van der Waals surface area contributed by atoms with Crippen molar-refractivity contribution < 1.29 is 14.7 Å². The topological polar surface area (TPSA) is 72.9 Å². The molecule has 3 atom stereocenters. The number of urea groups is 1. The minimum absolute atomic E-state index is 0.0394. The third-order valence-electron chi connectivity index (χ3n) is 4.16. The molecular formula is C14H27N3O3. The van der Waals surface area contributed by atoms with Crippen LogP contribution in [0.1, 0.15) is 34.1 Å². The Morgan fingerprint density at radius 2 is 1.75 bits per heavy atom. The highest BCUT2D eigenvalue weighted by Crippen LogP contribution is 2.14. The van der Waals surface area contributed by atoms with Crippen LogP contribution >= 0.6 is 0 Å². The molecule has 2 N–H and O–H groups in total. The van der Waals surface area contributed by atoms with E-state index >= 15 is 0 Å². The summed E-state index contributed by atoms with van der Waals surface area (Å²) in [5.74, 6) is -0.790. The molecule has 2 amide bonds. The van der Waals surface area contributed by atoms with Crippen LogP contribution in [0.25, 0.3) is 0 Å². The van der Waals surface area contributed by atoms with Crippen LogP contribution in [0.4, 0.5) is 4.79 Å². The Morgan fingerprint density at radius 1 is 1.25 bits per heavy atom. The molecule has 0 aliphatic carbocycles. The van der Waals surface area contributed by atoms with E-state index in [4.69, 9.17) is 5.11 Å². The van der Waals surface area contributed by atoms with Crippen molar-refractivity contribution in [2.45, 2.75) is 52.2 Å². The highest BCUT2D eigenvalue weighted by atomic mass is 16.4. The Balaban J connectivity index is 2.62. The molecule has 0 aromatic heterocycles. The van der Waals surface area contributed by atoms with Crippen LogP contribution in [0, 0.1) is 5.92 Å². The van der Waals surface area contributed by atoms with Crippen molar-refractivity contribution in [3.05, 3.63) is 0 Å². The fraction of sp³-hybridized carbons (Fsp3) is 0.857. The van der Waals surface area contributed by atoms with Crippen molar-refractivity contribution in [1.82, 2.24) is 15.1 Å². The van der Waals surface area contributed by atoms with Gasteiger partial charge in [0.05, 0.1) is 6.42 Å². The Labute approximate surface area is 121 Å². The molecule has 20 heavy (non-hydrogen) atoms. The Kier molecular flexibility index (Phi) is 5.80. The monoisotopic (exact) mass is 285 g/mol. The lowest BCUT2D eigenvalue weighted by Gasteiger charge is -2.42. The van der Waals surface area contributed by atoms with Crippen molar-refractivity contribution in [1.29, 1.82) is 0 Å². The molecule has 1 fully saturated rings. The maximum absolute atomic E-state index is 12.3. The van der Waals surface area contributed by atoms with Gasteiger partial charge < -0.3 is 15.3 Å². The van der Waals surface area contributed by atoms with Crippen LogP contribution < -0.4 is 5.32 Å². The summed E-state index contributed by atoms with van der Waals surface area (Å²) in [5.41, 5.74) is 0. The van der Waals surface area contributed by atoms with Crippen LogP contribution in [0.15, 0.2) is 0 Å². The van der Waals surface area contributed by atoms with Crippen LogP contribution in [0.2, 0.25) is 0 Å². The molecule has 1 rings (SSSR count). The molecule has 0 saturated carbocycles. The third-order valence-corrected chi connectivity index (χ3v) is 4.16. The van der Waals surface area contributed by atoms with Gasteiger partial charge >= 0.3 is 12.0 Å². The fourth-order valence-electron chi connectivity index (χ4n) is 2.46. The second-order valence-corrected chi connectivity index (χ2v) is 6.17. The average molecular weight is 285 g/mol. The molecule has 1 aliphatic heterocycles. The molecule has 6 nitrogen and oxygen atoms in total. The number of nitrogens with zero attached hydrogens (tertiary/aromatic N) is 2. The molecule has 116 valence electrons. The number of carbonyl (C=O) groups excluding carboxylic acids is 1. The summed E-state index contributed by atoms with van der Waals surface area (Å²) in [6, 6.07) is 0.130. The second-order valence-electron chi connectivity index (χ2n) is 6.17. The highest BCUT2D eigenvalue weighted by Gasteiger charge is 2.30. The quantitative estimate of drug-likeness (QED) is 0.814. The van der Waals surface area contributed by atoms with Gasteiger partial charge in [-0.2, -0.15) is 0 Å². The first-order chi connectivity index (χ1) is 9.22. The van der Waals surface area contributed by atoms with Crippen molar-refractivity contribution in [3.63, 3.8) is 0 Å². The van der Waals surface area contributed by atoms with Gasteiger partial charge in [0.1, 0.15) is 0 Å². The Morgan fingerprint density at radius 3 is 2.15 bits per heavy atom. The lowest BCUT2D eigenvalue weighted by Crippen LogP contribution is -2.59. The summed E-state index contributed by atoms with van der Waals surface area (Å²) in [5, 5.41) is 11.8. The van der Waals surface area contributed by atoms with E-state index in [1.165, 1.54) is 0 Å². The first-order valence-corrected chi connectivity index (χ1v) is 7.21. The number of carboxylic acid groups (broad SMARTS) is 1. The molecule has 1 heterocycles. The molecule has 1 saturated heterocycles. The predicted molar refractivity (Wildman–Crippen MR) is 77.7 cm³/mol. The lowest BCUT2D eigenvalue weighted by atomic mass is 10.0. The number of carbonyl (C=O) groups is 2.